The van der Waals surface area contributed by atoms with E-state index in [0.29, 0.717) is 24.5 Å². The Balaban J connectivity index is 2.12. The van der Waals surface area contributed by atoms with Crippen LogP contribution in [0.25, 0.3) is 0 Å². The lowest BCUT2D eigenvalue weighted by Gasteiger charge is -2.34. The van der Waals surface area contributed by atoms with Crippen LogP contribution in [0.5, 0.6) is 0 Å². The summed E-state index contributed by atoms with van der Waals surface area (Å²) < 4.78 is 0. The van der Waals surface area contributed by atoms with Crippen LogP contribution in [0.4, 0.5) is 11.4 Å². The number of nitrogens with two attached hydrogens (primary N) is 1. The zero-order valence-corrected chi connectivity index (χ0v) is 11.4. The number of rotatable bonds is 3. The van der Waals surface area contributed by atoms with Crippen LogP contribution in [-0.4, -0.2) is 36.1 Å². The van der Waals surface area contributed by atoms with Gasteiger partial charge in [-0.05, 0) is 31.0 Å². The summed E-state index contributed by atoms with van der Waals surface area (Å²) in [5.41, 5.74) is 7.21. The summed E-state index contributed by atoms with van der Waals surface area (Å²) in [6.45, 7) is 2.91. The number of anilines is 2. The Kier molecular flexibility index (Phi) is 4.12. The van der Waals surface area contributed by atoms with Gasteiger partial charge in [0.1, 0.15) is 0 Å². The topological polar surface area (TPSA) is 95.7 Å². The van der Waals surface area contributed by atoms with E-state index in [2.05, 4.69) is 5.32 Å². The Morgan fingerprint density at radius 3 is 2.55 bits per heavy atom. The maximum atomic E-state index is 11.3. The fourth-order valence-electron chi connectivity index (χ4n) is 2.54. The minimum Gasteiger partial charge on any atom is -0.478 e. The minimum absolute atomic E-state index is 0.0290. The molecule has 4 N–H and O–H groups in total. The average molecular weight is 277 g/mol. The van der Waals surface area contributed by atoms with Crippen LogP contribution >= 0.6 is 0 Å². The molecule has 0 saturated carbocycles. The third-order valence-corrected chi connectivity index (χ3v) is 3.50. The molecule has 1 amide bonds. The summed E-state index contributed by atoms with van der Waals surface area (Å²) in [4.78, 5) is 24.3. The van der Waals surface area contributed by atoms with Gasteiger partial charge in [-0.1, -0.05) is 0 Å². The second kappa shape index (κ2) is 5.81. The molecule has 1 aliphatic heterocycles. The monoisotopic (exact) mass is 277 g/mol. The SMILES string of the molecule is CC(=O)NC1CCN(c2cc(N)ccc2C(=O)O)CC1. The van der Waals surface area contributed by atoms with E-state index in [1.54, 1.807) is 12.1 Å². The lowest BCUT2D eigenvalue weighted by Crippen LogP contribution is -2.44. The van der Waals surface area contributed by atoms with Crippen LogP contribution in [0, 0.1) is 0 Å². The Hall–Kier alpha value is -2.24. The summed E-state index contributed by atoms with van der Waals surface area (Å²) in [5.74, 6) is -0.984. The predicted molar refractivity (Wildman–Crippen MR) is 76.9 cm³/mol. The van der Waals surface area contributed by atoms with Crippen molar-refractivity contribution < 1.29 is 14.7 Å². The van der Waals surface area contributed by atoms with Crippen LogP contribution in [0.2, 0.25) is 0 Å². The standard InChI is InChI=1S/C14H19N3O3/c1-9(18)16-11-4-6-17(7-5-11)13-8-10(15)2-3-12(13)14(19)20/h2-3,8,11H,4-7,15H2,1H3,(H,16,18)(H,19,20). The van der Waals surface area contributed by atoms with E-state index >= 15 is 0 Å². The van der Waals surface area contributed by atoms with Crippen LogP contribution in [0.3, 0.4) is 0 Å². The number of nitrogen functional groups attached to an aromatic ring is 1. The molecule has 0 spiro atoms. The molecule has 0 aromatic heterocycles. The van der Waals surface area contributed by atoms with Crippen molar-refractivity contribution in [2.45, 2.75) is 25.8 Å². The van der Waals surface area contributed by atoms with Gasteiger partial charge in [0.25, 0.3) is 0 Å². The highest BCUT2D eigenvalue weighted by Gasteiger charge is 2.23. The maximum Gasteiger partial charge on any atom is 0.337 e. The van der Waals surface area contributed by atoms with Crippen molar-refractivity contribution in [2.75, 3.05) is 23.7 Å². The molecule has 1 aliphatic rings. The number of carbonyl (C=O) groups excluding carboxylic acids is 1. The predicted octanol–water partition coefficient (Wildman–Crippen LogP) is 1.07. The molecule has 0 bridgehead atoms. The molecule has 1 heterocycles. The van der Waals surface area contributed by atoms with Crippen LogP contribution in [0.1, 0.15) is 30.1 Å². The van der Waals surface area contributed by atoms with Crippen molar-refractivity contribution >= 4 is 23.3 Å². The smallest absolute Gasteiger partial charge is 0.337 e. The number of nitrogens with one attached hydrogen (secondary N) is 1. The van der Waals surface area contributed by atoms with Gasteiger partial charge in [-0.3, -0.25) is 4.79 Å². The lowest BCUT2D eigenvalue weighted by molar-refractivity contribution is -0.119. The normalized spacial score (nSPS) is 15.9. The fourth-order valence-corrected chi connectivity index (χ4v) is 2.54. The number of piperidine rings is 1. The molecular weight excluding hydrogens is 258 g/mol. The van der Waals surface area contributed by atoms with Gasteiger partial charge in [0, 0.05) is 31.7 Å². The number of amides is 1. The van der Waals surface area contributed by atoms with E-state index in [0.717, 1.165) is 12.8 Å². The van der Waals surface area contributed by atoms with E-state index in [1.165, 1.54) is 13.0 Å². The highest BCUT2D eigenvalue weighted by Crippen LogP contribution is 2.26. The zero-order valence-electron chi connectivity index (χ0n) is 11.4. The first-order valence-electron chi connectivity index (χ1n) is 6.62. The summed E-state index contributed by atoms with van der Waals surface area (Å²) >= 11 is 0. The number of carboxylic acids is 1. The molecule has 6 heteroatoms. The molecule has 0 unspecified atom stereocenters. The molecule has 0 aliphatic carbocycles. The first kappa shape index (κ1) is 14.2. The molecule has 2 rings (SSSR count). The van der Waals surface area contributed by atoms with E-state index in [-0.39, 0.29) is 17.5 Å². The van der Waals surface area contributed by atoms with Crippen molar-refractivity contribution in [3.63, 3.8) is 0 Å². The number of carboxylic acid groups (broad SMARTS) is 1. The highest BCUT2D eigenvalue weighted by atomic mass is 16.4. The molecule has 1 saturated heterocycles. The Bertz CT molecular complexity index is 522. The number of benzene rings is 1. The lowest BCUT2D eigenvalue weighted by atomic mass is 10.0. The molecule has 1 aromatic rings. The van der Waals surface area contributed by atoms with E-state index in [1.807, 2.05) is 4.90 Å². The average Bonchev–Trinajstić information content (AvgIpc) is 2.38. The molecular formula is C14H19N3O3. The molecule has 0 atom stereocenters. The number of hydrogen-bond donors (Lipinski definition) is 3. The molecule has 20 heavy (non-hydrogen) atoms. The fraction of sp³-hybridized carbons (Fsp3) is 0.429. The van der Waals surface area contributed by atoms with E-state index in [9.17, 15) is 14.7 Å². The van der Waals surface area contributed by atoms with E-state index in [4.69, 9.17) is 5.73 Å². The van der Waals surface area contributed by atoms with Crippen LogP contribution in [0.15, 0.2) is 18.2 Å². The van der Waals surface area contributed by atoms with Gasteiger partial charge < -0.3 is 21.1 Å². The third-order valence-electron chi connectivity index (χ3n) is 3.50. The van der Waals surface area contributed by atoms with Gasteiger partial charge >= 0.3 is 5.97 Å². The molecule has 1 aromatic carbocycles. The van der Waals surface area contributed by atoms with Crippen LogP contribution < -0.4 is 16.0 Å². The molecule has 0 radical (unpaired) electrons. The quantitative estimate of drug-likeness (QED) is 0.718. The van der Waals surface area contributed by atoms with Crippen molar-refractivity contribution in [2.24, 2.45) is 0 Å². The first-order valence-corrected chi connectivity index (χ1v) is 6.62. The molecule has 6 nitrogen and oxygen atoms in total. The van der Waals surface area contributed by atoms with Gasteiger partial charge in [0.2, 0.25) is 5.91 Å². The number of carbonyl (C=O) groups is 2. The molecule has 108 valence electrons. The van der Waals surface area contributed by atoms with Gasteiger partial charge in [-0.15, -0.1) is 0 Å². The zero-order chi connectivity index (χ0) is 14.7. The maximum absolute atomic E-state index is 11.3. The minimum atomic E-state index is -0.955. The molecule has 1 fully saturated rings. The van der Waals surface area contributed by atoms with Crippen LogP contribution in [-0.2, 0) is 4.79 Å². The third kappa shape index (κ3) is 3.20. The summed E-state index contributed by atoms with van der Waals surface area (Å²) in [7, 11) is 0. The summed E-state index contributed by atoms with van der Waals surface area (Å²) in [6.07, 6.45) is 1.60. The van der Waals surface area contributed by atoms with Crippen molar-refractivity contribution in [1.29, 1.82) is 0 Å². The number of hydrogen-bond acceptors (Lipinski definition) is 4. The second-order valence-electron chi connectivity index (χ2n) is 5.04. The first-order chi connectivity index (χ1) is 9.47. The van der Waals surface area contributed by atoms with Gasteiger partial charge in [-0.2, -0.15) is 0 Å². The van der Waals surface area contributed by atoms with E-state index < -0.39 is 5.97 Å². The Morgan fingerprint density at radius 2 is 2.00 bits per heavy atom. The van der Waals surface area contributed by atoms with Crippen molar-refractivity contribution in [3.8, 4) is 0 Å². The summed E-state index contributed by atoms with van der Waals surface area (Å²) in [5, 5.41) is 12.1. The second-order valence-corrected chi connectivity index (χ2v) is 5.04. The van der Waals surface area contributed by atoms with Crippen molar-refractivity contribution in [3.05, 3.63) is 23.8 Å². The largest absolute Gasteiger partial charge is 0.478 e. The van der Waals surface area contributed by atoms with Crippen molar-refractivity contribution in [1.82, 2.24) is 5.32 Å². The highest BCUT2D eigenvalue weighted by molar-refractivity contribution is 5.95. The van der Waals surface area contributed by atoms with Gasteiger partial charge in [0.05, 0.1) is 11.3 Å². The van der Waals surface area contributed by atoms with Gasteiger partial charge in [0.15, 0.2) is 0 Å². The number of aromatic carboxylic acids is 1. The Labute approximate surface area is 117 Å². The summed E-state index contributed by atoms with van der Waals surface area (Å²) in [6, 6.07) is 4.99. The van der Waals surface area contributed by atoms with Gasteiger partial charge in [-0.25, -0.2) is 4.79 Å². The number of nitrogens with zero attached hydrogens (tertiary/aromatic N) is 1. The Morgan fingerprint density at radius 1 is 1.35 bits per heavy atom.